The second-order valence-electron chi connectivity index (χ2n) is 3.88. The fraction of sp³-hybridized carbons (Fsp3) is 0.273. The molecule has 7 heteroatoms. The van der Waals surface area contributed by atoms with Gasteiger partial charge in [-0.1, -0.05) is 4.49 Å². The van der Waals surface area contributed by atoms with Gasteiger partial charge in [0, 0.05) is 0 Å². The first-order valence-corrected chi connectivity index (χ1v) is 6.08. The highest BCUT2D eigenvalue weighted by Gasteiger charge is 2.18. The van der Waals surface area contributed by atoms with Crippen LogP contribution >= 0.6 is 11.5 Å². The molecule has 0 aliphatic carbocycles. The highest BCUT2D eigenvalue weighted by molar-refractivity contribution is 7.05. The maximum absolute atomic E-state index is 13.5. The minimum atomic E-state index is -0.471. The Balaban J connectivity index is 2.26. The van der Waals surface area contributed by atoms with Gasteiger partial charge in [-0.05, 0) is 48.6 Å². The number of benzene rings is 1. The summed E-state index contributed by atoms with van der Waals surface area (Å²) in [5.41, 5.74) is 3.59. The van der Waals surface area contributed by atoms with Crippen LogP contribution in [0.15, 0.2) is 18.2 Å². The molecule has 0 spiro atoms. The predicted molar refractivity (Wildman–Crippen MR) is 64.8 cm³/mol. The van der Waals surface area contributed by atoms with Gasteiger partial charge in [0.1, 0.15) is 11.6 Å². The Morgan fingerprint density at radius 3 is 2.83 bits per heavy atom. The second-order valence-corrected chi connectivity index (χ2v) is 4.67. The van der Waals surface area contributed by atoms with Crippen molar-refractivity contribution in [2.45, 2.75) is 19.4 Å². The zero-order valence-electron chi connectivity index (χ0n) is 9.65. The number of nitrogens with two attached hydrogens (primary N) is 1. The minimum Gasteiger partial charge on any atom is -0.271 e. The summed E-state index contributed by atoms with van der Waals surface area (Å²) in [7, 11) is 0. The summed E-state index contributed by atoms with van der Waals surface area (Å²) in [4.78, 5) is 0.821. The molecule has 0 radical (unpaired) electrons. The summed E-state index contributed by atoms with van der Waals surface area (Å²) in [5, 5.41) is 3.87. The quantitative estimate of drug-likeness (QED) is 0.657. The van der Waals surface area contributed by atoms with Crippen LogP contribution in [0.1, 0.15) is 22.2 Å². The number of aryl methyl sites for hydroxylation is 1. The lowest BCUT2D eigenvalue weighted by Crippen LogP contribution is -2.29. The van der Waals surface area contributed by atoms with Crippen LogP contribution < -0.4 is 11.3 Å². The average molecular weight is 270 g/mol. The zero-order valence-corrected chi connectivity index (χ0v) is 10.5. The smallest absolute Gasteiger partial charge is 0.126 e. The van der Waals surface area contributed by atoms with Crippen LogP contribution in [0.4, 0.5) is 8.78 Å². The molecule has 1 heterocycles. The fourth-order valence-electron chi connectivity index (χ4n) is 1.70. The number of hydrogen-bond acceptors (Lipinski definition) is 5. The molecule has 0 aliphatic heterocycles. The van der Waals surface area contributed by atoms with E-state index in [0.717, 1.165) is 22.7 Å². The van der Waals surface area contributed by atoms with Crippen LogP contribution in [0.3, 0.4) is 0 Å². The maximum Gasteiger partial charge on any atom is 0.126 e. The van der Waals surface area contributed by atoms with Gasteiger partial charge in [0.25, 0.3) is 0 Å². The zero-order chi connectivity index (χ0) is 13.1. The van der Waals surface area contributed by atoms with Gasteiger partial charge in [0.15, 0.2) is 0 Å². The number of rotatable bonds is 4. The van der Waals surface area contributed by atoms with Gasteiger partial charge in [-0.3, -0.25) is 11.3 Å². The second kappa shape index (κ2) is 5.47. The van der Waals surface area contributed by atoms with E-state index in [2.05, 4.69) is 15.0 Å². The maximum atomic E-state index is 13.5. The van der Waals surface area contributed by atoms with Gasteiger partial charge in [-0.25, -0.2) is 8.78 Å². The molecule has 0 bridgehead atoms. The lowest BCUT2D eigenvalue weighted by molar-refractivity contribution is 0.526. The van der Waals surface area contributed by atoms with Gasteiger partial charge in [-0.2, -0.15) is 0 Å². The Morgan fingerprint density at radius 1 is 1.44 bits per heavy atom. The number of aromatic nitrogens is 2. The SMILES string of the molecule is Cc1nnsc1C(Cc1cc(F)ccc1F)NN. The summed E-state index contributed by atoms with van der Waals surface area (Å²) in [5.74, 6) is 4.53. The third-order valence-corrected chi connectivity index (χ3v) is 3.58. The molecular formula is C11H12F2N4S. The molecule has 0 fully saturated rings. The van der Waals surface area contributed by atoms with E-state index in [9.17, 15) is 8.78 Å². The van der Waals surface area contributed by atoms with Crippen LogP contribution in [-0.4, -0.2) is 9.59 Å². The topological polar surface area (TPSA) is 63.8 Å². The highest BCUT2D eigenvalue weighted by Crippen LogP contribution is 2.24. The molecule has 1 aromatic heterocycles. The van der Waals surface area contributed by atoms with Gasteiger partial charge in [0.2, 0.25) is 0 Å². The van der Waals surface area contributed by atoms with Gasteiger partial charge < -0.3 is 0 Å². The molecule has 0 aliphatic rings. The van der Waals surface area contributed by atoms with Gasteiger partial charge in [-0.15, -0.1) is 5.10 Å². The van der Waals surface area contributed by atoms with Crippen molar-refractivity contribution in [3.8, 4) is 0 Å². The molecule has 2 rings (SSSR count). The third-order valence-electron chi connectivity index (χ3n) is 2.64. The fourth-order valence-corrected chi connectivity index (χ4v) is 2.41. The highest BCUT2D eigenvalue weighted by atomic mass is 32.1. The molecule has 0 saturated carbocycles. The van der Waals surface area contributed by atoms with Crippen molar-refractivity contribution >= 4 is 11.5 Å². The molecule has 2 aromatic rings. The van der Waals surface area contributed by atoms with E-state index in [0.29, 0.717) is 0 Å². The Morgan fingerprint density at radius 2 is 2.22 bits per heavy atom. The first-order chi connectivity index (χ1) is 8.61. The Kier molecular flexibility index (Phi) is 3.95. The lowest BCUT2D eigenvalue weighted by Gasteiger charge is -2.14. The predicted octanol–water partition coefficient (Wildman–Crippen LogP) is 1.87. The summed E-state index contributed by atoms with van der Waals surface area (Å²) in [6.45, 7) is 1.80. The molecular weight excluding hydrogens is 258 g/mol. The standard InChI is InChI=1S/C11H12F2N4S/c1-6-11(18-17-16-6)10(15-14)5-7-4-8(12)2-3-9(7)13/h2-4,10,15H,5,14H2,1H3. The van der Waals surface area contributed by atoms with Crippen molar-refractivity contribution in [1.82, 2.24) is 15.0 Å². The largest absolute Gasteiger partial charge is 0.271 e. The number of nitrogens with zero attached hydrogens (tertiary/aromatic N) is 2. The molecule has 4 nitrogen and oxygen atoms in total. The monoisotopic (exact) mass is 270 g/mol. The molecule has 0 amide bonds. The van der Waals surface area contributed by atoms with E-state index in [-0.39, 0.29) is 18.0 Å². The summed E-state index contributed by atoms with van der Waals surface area (Å²) < 4.78 is 30.4. The minimum absolute atomic E-state index is 0.241. The van der Waals surface area contributed by atoms with Crippen molar-refractivity contribution in [3.05, 3.63) is 46.0 Å². The number of nitrogens with one attached hydrogen (secondary N) is 1. The van der Waals surface area contributed by atoms with Gasteiger partial charge >= 0.3 is 0 Å². The molecule has 0 saturated heterocycles. The Hall–Kier alpha value is -1.44. The summed E-state index contributed by atoms with van der Waals surface area (Å²) >= 11 is 1.19. The molecule has 96 valence electrons. The van der Waals surface area contributed by atoms with E-state index in [4.69, 9.17) is 5.84 Å². The van der Waals surface area contributed by atoms with E-state index in [1.807, 2.05) is 0 Å². The molecule has 18 heavy (non-hydrogen) atoms. The van der Waals surface area contributed by atoms with Crippen LogP contribution in [0.2, 0.25) is 0 Å². The van der Waals surface area contributed by atoms with Crippen molar-refractivity contribution in [2.75, 3.05) is 0 Å². The van der Waals surface area contributed by atoms with Gasteiger partial charge in [0.05, 0.1) is 16.6 Å². The summed E-state index contributed by atoms with van der Waals surface area (Å²) in [6, 6.07) is 3.03. The number of halogens is 2. The van der Waals surface area contributed by atoms with Crippen LogP contribution in [0.25, 0.3) is 0 Å². The molecule has 1 unspecified atom stereocenters. The van der Waals surface area contributed by atoms with Crippen molar-refractivity contribution in [2.24, 2.45) is 5.84 Å². The summed E-state index contributed by atoms with van der Waals surface area (Å²) in [6.07, 6.45) is 0.241. The van der Waals surface area contributed by atoms with Crippen LogP contribution in [0, 0.1) is 18.6 Å². The molecule has 1 atom stereocenters. The average Bonchev–Trinajstić information content (AvgIpc) is 2.77. The van der Waals surface area contributed by atoms with E-state index in [1.165, 1.54) is 17.6 Å². The normalized spacial score (nSPS) is 12.7. The lowest BCUT2D eigenvalue weighted by atomic mass is 10.0. The Labute approximate surface area is 107 Å². The first-order valence-electron chi connectivity index (χ1n) is 5.30. The third kappa shape index (κ3) is 2.69. The number of hydrogen-bond donors (Lipinski definition) is 2. The molecule has 3 N–H and O–H groups in total. The van der Waals surface area contributed by atoms with E-state index in [1.54, 1.807) is 6.92 Å². The first kappa shape index (κ1) is 13.0. The van der Waals surface area contributed by atoms with Crippen LogP contribution in [0.5, 0.6) is 0 Å². The Bertz CT molecular complexity index is 544. The molecule has 1 aromatic carbocycles. The van der Waals surface area contributed by atoms with Crippen molar-refractivity contribution in [3.63, 3.8) is 0 Å². The number of hydrazine groups is 1. The van der Waals surface area contributed by atoms with Crippen molar-refractivity contribution in [1.29, 1.82) is 0 Å². The van der Waals surface area contributed by atoms with Crippen molar-refractivity contribution < 1.29 is 8.78 Å². The van der Waals surface area contributed by atoms with E-state index >= 15 is 0 Å². The van der Waals surface area contributed by atoms with E-state index < -0.39 is 11.6 Å². The van der Waals surface area contributed by atoms with Crippen LogP contribution in [-0.2, 0) is 6.42 Å².